The molecule has 1 aliphatic heterocycles. The minimum absolute atomic E-state index is 0.151. The molecule has 1 saturated heterocycles. The topological polar surface area (TPSA) is 70.7 Å². The number of nitrogens with zero attached hydrogens (tertiary/aromatic N) is 1. The maximum Gasteiger partial charge on any atom is 0.419 e. The van der Waals surface area contributed by atoms with Gasteiger partial charge in [0.05, 0.1) is 5.56 Å². The number of ether oxygens (including phenoxy) is 1. The molecule has 1 heterocycles. The molecular weight excluding hydrogens is 507 g/mol. The van der Waals surface area contributed by atoms with Crippen LogP contribution in [0.4, 0.5) is 18.9 Å². The van der Waals surface area contributed by atoms with Crippen LogP contribution in [0.1, 0.15) is 21.5 Å². The van der Waals surface area contributed by atoms with Gasteiger partial charge in [0.15, 0.2) is 0 Å². The third-order valence-corrected chi connectivity index (χ3v) is 6.58. The van der Waals surface area contributed by atoms with Crippen molar-refractivity contribution in [2.45, 2.75) is 18.8 Å². The first kappa shape index (κ1) is 26.2. The number of carbonyl (C=O) groups is 2. The summed E-state index contributed by atoms with van der Waals surface area (Å²) in [4.78, 5) is 28.2. The van der Waals surface area contributed by atoms with Crippen LogP contribution < -0.4 is 15.4 Å². The van der Waals surface area contributed by atoms with Crippen molar-refractivity contribution in [2.24, 2.45) is 0 Å². The van der Waals surface area contributed by atoms with E-state index in [0.717, 1.165) is 16.8 Å². The SMILES string of the molecule is O=C(Nc1ccc2ccccc2c1)C1CNCCN1C(=O)c1cccc(COc2ccccc2C(F)(F)F)c1. The molecule has 1 atom stereocenters. The fourth-order valence-corrected chi connectivity index (χ4v) is 4.62. The first-order chi connectivity index (χ1) is 18.8. The lowest BCUT2D eigenvalue weighted by atomic mass is 10.1. The van der Waals surface area contributed by atoms with E-state index >= 15 is 0 Å². The fourth-order valence-electron chi connectivity index (χ4n) is 4.62. The second-order valence-corrected chi connectivity index (χ2v) is 9.25. The molecule has 5 rings (SSSR count). The van der Waals surface area contributed by atoms with Crippen molar-refractivity contribution < 1.29 is 27.5 Å². The Labute approximate surface area is 223 Å². The number of hydrogen-bond acceptors (Lipinski definition) is 4. The average molecular weight is 534 g/mol. The van der Waals surface area contributed by atoms with Crippen LogP contribution in [0.5, 0.6) is 5.75 Å². The van der Waals surface area contributed by atoms with Crippen molar-refractivity contribution in [3.8, 4) is 5.75 Å². The van der Waals surface area contributed by atoms with E-state index in [4.69, 9.17) is 4.74 Å². The number of hydrogen-bond donors (Lipinski definition) is 2. The average Bonchev–Trinajstić information content (AvgIpc) is 2.95. The molecule has 0 aromatic heterocycles. The van der Waals surface area contributed by atoms with E-state index in [1.54, 1.807) is 24.3 Å². The third-order valence-electron chi connectivity index (χ3n) is 6.58. The van der Waals surface area contributed by atoms with E-state index in [9.17, 15) is 22.8 Å². The van der Waals surface area contributed by atoms with Crippen molar-refractivity contribution in [1.82, 2.24) is 10.2 Å². The molecule has 39 heavy (non-hydrogen) atoms. The highest BCUT2D eigenvalue weighted by Gasteiger charge is 2.34. The predicted octanol–water partition coefficient (Wildman–Crippen LogP) is 5.49. The summed E-state index contributed by atoms with van der Waals surface area (Å²) in [5, 5.41) is 8.13. The van der Waals surface area contributed by atoms with E-state index in [1.165, 1.54) is 23.1 Å². The molecule has 0 aliphatic carbocycles. The zero-order valence-corrected chi connectivity index (χ0v) is 20.9. The quantitative estimate of drug-likeness (QED) is 0.344. The van der Waals surface area contributed by atoms with E-state index < -0.39 is 17.8 Å². The van der Waals surface area contributed by atoms with Crippen molar-refractivity contribution in [2.75, 3.05) is 25.0 Å². The second-order valence-electron chi connectivity index (χ2n) is 9.25. The van der Waals surface area contributed by atoms with E-state index in [2.05, 4.69) is 10.6 Å². The number of halogens is 3. The molecule has 0 saturated carbocycles. The Bertz CT molecular complexity index is 1510. The highest BCUT2D eigenvalue weighted by Crippen LogP contribution is 2.36. The molecule has 200 valence electrons. The molecule has 0 spiro atoms. The van der Waals surface area contributed by atoms with Crippen molar-refractivity contribution >= 4 is 28.3 Å². The van der Waals surface area contributed by atoms with Crippen LogP contribution in [0.2, 0.25) is 0 Å². The number of nitrogens with one attached hydrogen (secondary N) is 2. The molecule has 2 amide bonds. The summed E-state index contributed by atoms with van der Waals surface area (Å²) >= 11 is 0. The van der Waals surface area contributed by atoms with Crippen LogP contribution in [0, 0.1) is 0 Å². The van der Waals surface area contributed by atoms with E-state index in [0.29, 0.717) is 36.4 Å². The zero-order valence-electron chi connectivity index (χ0n) is 20.9. The Kier molecular flexibility index (Phi) is 7.51. The molecule has 4 aromatic rings. The normalized spacial score (nSPS) is 15.7. The first-order valence-corrected chi connectivity index (χ1v) is 12.5. The molecule has 9 heteroatoms. The van der Waals surface area contributed by atoms with Crippen molar-refractivity contribution in [3.63, 3.8) is 0 Å². The largest absolute Gasteiger partial charge is 0.488 e. The smallest absolute Gasteiger partial charge is 0.419 e. The summed E-state index contributed by atoms with van der Waals surface area (Å²) in [5.41, 5.74) is 0.629. The summed E-state index contributed by atoms with van der Waals surface area (Å²) in [7, 11) is 0. The van der Waals surface area contributed by atoms with E-state index in [1.807, 2.05) is 42.5 Å². The molecule has 0 bridgehead atoms. The lowest BCUT2D eigenvalue weighted by molar-refractivity contribution is -0.139. The maximum absolute atomic E-state index is 13.5. The number of alkyl halides is 3. The van der Waals surface area contributed by atoms with Gasteiger partial charge in [-0.1, -0.05) is 54.6 Å². The van der Waals surface area contributed by atoms with Gasteiger partial charge in [-0.25, -0.2) is 0 Å². The van der Waals surface area contributed by atoms with Crippen LogP contribution >= 0.6 is 0 Å². The Balaban J connectivity index is 1.29. The lowest BCUT2D eigenvalue weighted by Gasteiger charge is -2.35. The van der Waals surface area contributed by atoms with Crippen LogP contribution in [0.15, 0.2) is 91.0 Å². The van der Waals surface area contributed by atoms with Crippen molar-refractivity contribution in [3.05, 3.63) is 108 Å². The van der Waals surface area contributed by atoms with Crippen LogP contribution in [-0.2, 0) is 17.6 Å². The van der Waals surface area contributed by atoms with Crippen LogP contribution in [-0.4, -0.2) is 42.4 Å². The molecule has 1 aliphatic rings. The summed E-state index contributed by atoms with van der Waals surface area (Å²) in [6.07, 6.45) is -4.54. The summed E-state index contributed by atoms with van der Waals surface area (Å²) in [5.74, 6) is -0.934. The Hall–Kier alpha value is -4.37. The highest BCUT2D eigenvalue weighted by atomic mass is 19.4. The maximum atomic E-state index is 13.5. The number of carbonyl (C=O) groups excluding carboxylic acids is 2. The number of piperazine rings is 1. The summed E-state index contributed by atoms with van der Waals surface area (Å²) < 4.78 is 45.3. The van der Waals surface area contributed by atoms with Crippen molar-refractivity contribution in [1.29, 1.82) is 0 Å². The van der Waals surface area contributed by atoms with Gasteiger partial charge in [0.25, 0.3) is 5.91 Å². The number of amides is 2. The standard InChI is InChI=1S/C30H26F3N3O3/c31-30(32,33)25-10-3-4-11-27(25)39-19-20-6-5-9-23(16-20)29(38)36-15-14-34-18-26(36)28(37)35-24-13-12-21-7-1-2-8-22(21)17-24/h1-13,16-17,26,34H,14-15,18-19H2,(H,35,37). The third kappa shape index (κ3) is 6.04. The van der Waals surface area contributed by atoms with Gasteiger partial charge in [0, 0.05) is 30.9 Å². The van der Waals surface area contributed by atoms with Gasteiger partial charge in [-0.05, 0) is 52.7 Å². The molecule has 2 N–H and O–H groups in total. The number of anilines is 1. The number of fused-ring (bicyclic) bond motifs is 1. The molecule has 1 unspecified atom stereocenters. The van der Waals surface area contributed by atoms with Gasteiger partial charge < -0.3 is 20.3 Å². The van der Waals surface area contributed by atoms with Gasteiger partial charge in [0.2, 0.25) is 5.91 Å². The van der Waals surface area contributed by atoms with E-state index in [-0.39, 0.29) is 24.2 Å². The second kappa shape index (κ2) is 11.2. The molecule has 4 aromatic carbocycles. The minimum Gasteiger partial charge on any atom is -0.488 e. The Morgan fingerprint density at radius 2 is 1.69 bits per heavy atom. The molecule has 6 nitrogen and oxygen atoms in total. The summed E-state index contributed by atoms with van der Waals surface area (Å²) in [6, 6.07) is 24.2. The van der Waals surface area contributed by atoms with Crippen LogP contribution in [0.3, 0.4) is 0 Å². The summed E-state index contributed by atoms with van der Waals surface area (Å²) in [6.45, 7) is 1.00. The highest BCUT2D eigenvalue weighted by molar-refractivity contribution is 6.02. The van der Waals surface area contributed by atoms with Gasteiger partial charge in [0.1, 0.15) is 18.4 Å². The first-order valence-electron chi connectivity index (χ1n) is 12.5. The van der Waals surface area contributed by atoms with Gasteiger partial charge >= 0.3 is 6.18 Å². The Morgan fingerprint density at radius 3 is 2.51 bits per heavy atom. The Morgan fingerprint density at radius 1 is 0.923 bits per heavy atom. The van der Waals surface area contributed by atoms with Gasteiger partial charge in [-0.3, -0.25) is 9.59 Å². The fraction of sp³-hybridized carbons (Fsp3) is 0.200. The minimum atomic E-state index is -4.54. The van der Waals surface area contributed by atoms with Gasteiger partial charge in [-0.2, -0.15) is 13.2 Å². The number of para-hydroxylation sites is 1. The number of rotatable bonds is 6. The molecule has 1 fully saturated rings. The van der Waals surface area contributed by atoms with Crippen LogP contribution in [0.25, 0.3) is 10.8 Å². The lowest BCUT2D eigenvalue weighted by Crippen LogP contribution is -2.58. The molecule has 0 radical (unpaired) electrons. The number of benzene rings is 4. The monoisotopic (exact) mass is 533 g/mol. The predicted molar refractivity (Wildman–Crippen MR) is 142 cm³/mol. The zero-order chi connectivity index (χ0) is 27.4. The van der Waals surface area contributed by atoms with Gasteiger partial charge in [-0.15, -0.1) is 0 Å². The molecular formula is C30H26F3N3O3.